The van der Waals surface area contributed by atoms with Gasteiger partial charge >= 0.3 is 6.18 Å². The molecular weight excluding hydrogens is 433 g/mol. The molecule has 4 rings (SSSR count). The second-order valence-electron chi connectivity index (χ2n) is 7.22. The van der Waals surface area contributed by atoms with Gasteiger partial charge in [0.2, 0.25) is 5.88 Å². The number of benzene rings is 1. The normalized spacial score (nSPS) is 11.4. The zero-order chi connectivity index (χ0) is 23.3. The topological polar surface area (TPSA) is 77.0 Å². The van der Waals surface area contributed by atoms with Crippen LogP contribution in [0.2, 0.25) is 0 Å². The quantitative estimate of drug-likeness (QED) is 0.390. The Morgan fingerprint density at radius 2 is 1.88 bits per heavy atom. The minimum Gasteiger partial charge on any atom is -0.439 e. The number of amides is 1. The number of halogens is 3. The molecule has 0 fully saturated rings. The van der Waals surface area contributed by atoms with E-state index in [2.05, 4.69) is 20.3 Å². The summed E-state index contributed by atoms with van der Waals surface area (Å²) in [5.41, 5.74) is 1.00. The van der Waals surface area contributed by atoms with E-state index in [1.54, 1.807) is 36.5 Å². The first kappa shape index (κ1) is 22.2. The SMILES string of the molecule is O=C(NCCCc1ccccn1)c1ccc2cc(Oc3ccc(C(F)(F)F)cn3)ccc2n1. The van der Waals surface area contributed by atoms with Crippen molar-refractivity contribution in [1.29, 1.82) is 0 Å². The highest BCUT2D eigenvalue weighted by Gasteiger charge is 2.30. The number of pyridine rings is 3. The number of aryl methyl sites for hydroxylation is 1. The summed E-state index contributed by atoms with van der Waals surface area (Å²) in [6.45, 7) is 0.502. The van der Waals surface area contributed by atoms with Crippen molar-refractivity contribution in [2.75, 3.05) is 6.54 Å². The number of ether oxygens (including phenoxy) is 1. The molecule has 168 valence electrons. The Hall–Kier alpha value is -4.01. The second-order valence-corrected chi connectivity index (χ2v) is 7.22. The molecule has 0 unspecified atom stereocenters. The summed E-state index contributed by atoms with van der Waals surface area (Å²) in [6.07, 6.45) is -0.469. The molecule has 0 aliphatic heterocycles. The number of rotatable bonds is 7. The van der Waals surface area contributed by atoms with Crippen molar-refractivity contribution in [1.82, 2.24) is 20.3 Å². The van der Waals surface area contributed by atoms with E-state index in [-0.39, 0.29) is 11.8 Å². The molecular formula is C24H19F3N4O2. The van der Waals surface area contributed by atoms with E-state index in [0.29, 0.717) is 28.9 Å². The number of hydrogen-bond acceptors (Lipinski definition) is 5. The Morgan fingerprint density at radius 1 is 1.00 bits per heavy atom. The van der Waals surface area contributed by atoms with Crippen molar-refractivity contribution >= 4 is 16.8 Å². The molecule has 3 heterocycles. The van der Waals surface area contributed by atoms with Gasteiger partial charge < -0.3 is 10.1 Å². The summed E-state index contributed by atoms with van der Waals surface area (Å²) in [6, 6.07) is 16.1. The minimum atomic E-state index is -4.46. The molecule has 1 aromatic carbocycles. The van der Waals surface area contributed by atoms with E-state index in [9.17, 15) is 18.0 Å². The molecule has 0 spiro atoms. The van der Waals surface area contributed by atoms with Crippen molar-refractivity contribution < 1.29 is 22.7 Å². The maximum Gasteiger partial charge on any atom is 0.417 e. The van der Waals surface area contributed by atoms with Crippen LogP contribution in [0.4, 0.5) is 13.2 Å². The number of carbonyl (C=O) groups is 1. The highest BCUT2D eigenvalue weighted by molar-refractivity contribution is 5.95. The summed E-state index contributed by atoms with van der Waals surface area (Å²) in [5.74, 6) is 0.160. The Morgan fingerprint density at radius 3 is 2.61 bits per heavy atom. The van der Waals surface area contributed by atoms with Crippen LogP contribution in [0.3, 0.4) is 0 Å². The zero-order valence-corrected chi connectivity index (χ0v) is 17.3. The van der Waals surface area contributed by atoms with Crippen molar-refractivity contribution in [3.8, 4) is 11.6 Å². The van der Waals surface area contributed by atoms with Gasteiger partial charge in [-0.2, -0.15) is 13.2 Å². The average molecular weight is 452 g/mol. The first-order valence-corrected chi connectivity index (χ1v) is 10.2. The lowest BCUT2D eigenvalue weighted by Gasteiger charge is -2.09. The highest BCUT2D eigenvalue weighted by atomic mass is 19.4. The first-order chi connectivity index (χ1) is 15.9. The fourth-order valence-electron chi connectivity index (χ4n) is 3.13. The van der Waals surface area contributed by atoms with Gasteiger partial charge in [0.15, 0.2) is 0 Å². The molecule has 4 aromatic rings. The molecule has 1 amide bonds. The van der Waals surface area contributed by atoms with E-state index < -0.39 is 11.7 Å². The molecule has 0 bridgehead atoms. The van der Waals surface area contributed by atoms with Gasteiger partial charge in [-0.1, -0.05) is 12.1 Å². The zero-order valence-electron chi connectivity index (χ0n) is 17.3. The largest absolute Gasteiger partial charge is 0.439 e. The highest BCUT2D eigenvalue weighted by Crippen LogP contribution is 2.30. The van der Waals surface area contributed by atoms with Crippen LogP contribution in [0.15, 0.2) is 73.1 Å². The standard InChI is InChI=1S/C24H19F3N4O2/c25-24(26,27)17-7-11-22(30-15-17)33-19-8-10-20-16(14-19)6-9-21(31-20)23(32)29-13-3-5-18-4-1-2-12-28-18/h1-2,4,6-12,14-15H,3,5,13H2,(H,29,32). The van der Waals surface area contributed by atoms with Gasteiger partial charge in [0.05, 0.1) is 11.1 Å². The van der Waals surface area contributed by atoms with Crippen LogP contribution < -0.4 is 10.1 Å². The van der Waals surface area contributed by atoms with Crippen molar-refractivity contribution in [2.24, 2.45) is 0 Å². The van der Waals surface area contributed by atoms with E-state index in [1.807, 2.05) is 18.2 Å². The predicted molar refractivity (Wildman–Crippen MR) is 116 cm³/mol. The maximum absolute atomic E-state index is 12.6. The van der Waals surface area contributed by atoms with Gasteiger partial charge in [-0.3, -0.25) is 9.78 Å². The molecule has 3 aromatic heterocycles. The van der Waals surface area contributed by atoms with Gasteiger partial charge in [0, 0.05) is 36.1 Å². The van der Waals surface area contributed by atoms with E-state index >= 15 is 0 Å². The molecule has 9 heteroatoms. The predicted octanol–water partition coefficient (Wildman–Crippen LogP) is 5.20. The molecule has 0 aliphatic rings. The molecule has 0 aliphatic carbocycles. The molecule has 1 N–H and O–H groups in total. The van der Waals surface area contributed by atoms with Crippen LogP contribution in [0, 0.1) is 0 Å². The number of nitrogens with one attached hydrogen (secondary N) is 1. The third-order valence-electron chi connectivity index (χ3n) is 4.80. The van der Waals surface area contributed by atoms with Gasteiger partial charge in [-0.25, -0.2) is 9.97 Å². The monoisotopic (exact) mass is 452 g/mol. The average Bonchev–Trinajstić information content (AvgIpc) is 2.82. The molecule has 33 heavy (non-hydrogen) atoms. The summed E-state index contributed by atoms with van der Waals surface area (Å²) < 4.78 is 43.5. The Balaban J connectivity index is 1.36. The summed E-state index contributed by atoms with van der Waals surface area (Å²) in [7, 11) is 0. The Labute approximate surface area is 187 Å². The van der Waals surface area contributed by atoms with Gasteiger partial charge in [-0.05, 0) is 55.3 Å². The lowest BCUT2D eigenvalue weighted by atomic mass is 10.2. The number of alkyl halides is 3. The number of nitrogens with zero attached hydrogens (tertiary/aromatic N) is 3. The number of carbonyl (C=O) groups excluding carboxylic acids is 1. The number of aromatic nitrogens is 3. The minimum absolute atomic E-state index is 0.0389. The first-order valence-electron chi connectivity index (χ1n) is 10.2. The van der Waals surface area contributed by atoms with Crippen LogP contribution in [-0.2, 0) is 12.6 Å². The van der Waals surface area contributed by atoms with E-state index in [4.69, 9.17) is 4.74 Å². The van der Waals surface area contributed by atoms with Crippen LogP contribution in [0.5, 0.6) is 11.6 Å². The van der Waals surface area contributed by atoms with E-state index in [1.165, 1.54) is 0 Å². The fraction of sp³-hybridized carbons (Fsp3) is 0.167. The van der Waals surface area contributed by atoms with Crippen LogP contribution >= 0.6 is 0 Å². The molecule has 0 saturated carbocycles. The van der Waals surface area contributed by atoms with Gasteiger partial charge in [0.25, 0.3) is 5.91 Å². The van der Waals surface area contributed by atoms with Crippen molar-refractivity contribution in [3.05, 3.63) is 90.0 Å². The number of hydrogen-bond donors (Lipinski definition) is 1. The van der Waals surface area contributed by atoms with Gasteiger partial charge in [-0.15, -0.1) is 0 Å². The Bertz CT molecular complexity index is 1250. The second kappa shape index (κ2) is 9.64. The third kappa shape index (κ3) is 5.82. The molecule has 0 radical (unpaired) electrons. The molecule has 0 atom stereocenters. The summed E-state index contributed by atoms with van der Waals surface area (Å²) in [4.78, 5) is 24.7. The lowest BCUT2D eigenvalue weighted by molar-refractivity contribution is -0.137. The fourth-order valence-corrected chi connectivity index (χ4v) is 3.13. The summed E-state index contributed by atoms with van der Waals surface area (Å²) in [5, 5.41) is 3.56. The smallest absolute Gasteiger partial charge is 0.417 e. The molecule has 0 saturated heterocycles. The maximum atomic E-state index is 12.6. The molecule has 6 nitrogen and oxygen atoms in total. The third-order valence-corrected chi connectivity index (χ3v) is 4.80. The Kier molecular flexibility index (Phi) is 6.48. The van der Waals surface area contributed by atoms with Crippen LogP contribution in [0.25, 0.3) is 10.9 Å². The van der Waals surface area contributed by atoms with Crippen LogP contribution in [-0.4, -0.2) is 27.4 Å². The van der Waals surface area contributed by atoms with E-state index in [0.717, 1.165) is 36.9 Å². The van der Waals surface area contributed by atoms with Crippen molar-refractivity contribution in [2.45, 2.75) is 19.0 Å². The number of fused-ring (bicyclic) bond motifs is 1. The van der Waals surface area contributed by atoms with Crippen molar-refractivity contribution in [3.63, 3.8) is 0 Å². The summed E-state index contributed by atoms with van der Waals surface area (Å²) >= 11 is 0. The lowest BCUT2D eigenvalue weighted by Crippen LogP contribution is -2.25. The van der Waals surface area contributed by atoms with Crippen LogP contribution in [0.1, 0.15) is 28.2 Å². The van der Waals surface area contributed by atoms with Gasteiger partial charge in [0.1, 0.15) is 11.4 Å².